The molecule has 0 aliphatic carbocycles. The number of aliphatic hydroxyl groups excluding tert-OH is 1. The molecule has 1 rings (SSSR count). The number of carbonyl (C=O) groups excluding carboxylic acids is 1. The van der Waals surface area contributed by atoms with Gasteiger partial charge in [0.1, 0.15) is 6.04 Å². The van der Waals surface area contributed by atoms with E-state index in [0.29, 0.717) is 16.8 Å². The molecular formula is C15H25N3O5S. The smallest absolute Gasteiger partial charge is 0.380 e. The number of amides is 1. The lowest BCUT2D eigenvalue weighted by Crippen LogP contribution is -2.38. The number of nitrogens with one attached hydrogen (secondary N) is 1. The third-order valence-corrected chi connectivity index (χ3v) is 3.79. The number of hydrogen-bond acceptors (Lipinski definition) is 6. The van der Waals surface area contributed by atoms with E-state index >= 15 is 0 Å². The van der Waals surface area contributed by atoms with Crippen LogP contribution in [0.5, 0.6) is 5.75 Å². The second kappa shape index (κ2) is 7.93. The molecule has 9 heteroatoms. The van der Waals surface area contributed by atoms with Crippen LogP contribution >= 0.6 is 0 Å². The van der Waals surface area contributed by atoms with Crippen LogP contribution in [0.2, 0.25) is 0 Å². The molecule has 0 heterocycles. The zero-order valence-corrected chi connectivity index (χ0v) is 15.1. The van der Waals surface area contributed by atoms with Gasteiger partial charge in [0.05, 0.1) is 6.61 Å². The molecule has 0 unspecified atom stereocenters. The molecule has 0 saturated heterocycles. The van der Waals surface area contributed by atoms with Crippen molar-refractivity contribution in [2.75, 3.05) is 11.9 Å². The highest BCUT2D eigenvalue weighted by Crippen LogP contribution is 2.38. The fraction of sp³-hybridized carbons (Fsp3) is 0.533. The largest absolute Gasteiger partial charge is 0.394 e. The Balaban J connectivity index is 3.44. The fourth-order valence-electron chi connectivity index (χ4n) is 2.13. The monoisotopic (exact) mass is 359 g/mol. The lowest BCUT2D eigenvalue weighted by Gasteiger charge is -2.21. The number of carbonyl (C=O) groups is 1. The maximum atomic E-state index is 11.9. The van der Waals surface area contributed by atoms with Gasteiger partial charge in [-0.15, -0.1) is 0 Å². The third-order valence-electron chi connectivity index (χ3n) is 3.39. The van der Waals surface area contributed by atoms with Crippen molar-refractivity contribution >= 4 is 21.9 Å². The van der Waals surface area contributed by atoms with Crippen molar-refractivity contribution in [2.45, 2.75) is 45.6 Å². The average molecular weight is 359 g/mol. The van der Waals surface area contributed by atoms with E-state index in [0.717, 1.165) is 0 Å². The van der Waals surface area contributed by atoms with Crippen LogP contribution in [0.15, 0.2) is 12.1 Å². The molecule has 0 bridgehead atoms. The van der Waals surface area contributed by atoms with E-state index in [1.807, 2.05) is 27.7 Å². The number of aliphatic hydroxyl groups is 1. The molecule has 0 radical (unpaired) electrons. The Kier molecular flexibility index (Phi) is 6.73. The van der Waals surface area contributed by atoms with Crippen molar-refractivity contribution in [1.82, 2.24) is 0 Å². The summed E-state index contributed by atoms with van der Waals surface area (Å²) in [6.07, 6.45) is 0. The van der Waals surface area contributed by atoms with Crippen molar-refractivity contribution in [2.24, 2.45) is 10.9 Å². The summed E-state index contributed by atoms with van der Waals surface area (Å²) in [5, 5.41) is 16.6. The predicted octanol–water partition coefficient (Wildman–Crippen LogP) is 0.774. The van der Waals surface area contributed by atoms with Crippen LogP contribution in [0.25, 0.3) is 0 Å². The van der Waals surface area contributed by atoms with Gasteiger partial charge in [0, 0.05) is 16.8 Å². The Morgan fingerprint density at radius 3 is 2.00 bits per heavy atom. The van der Waals surface area contributed by atoms with Crippen LogP contribution < -0.4 is 20.4 Å². The van der Waals surface area contributed by atoms with Crippen LogP contribution in [0.1, 0.15) is 50.7 Å². The summed E-state index contributed by atoms with van der Waals surface area (Å²) >= 11 is 0. The van der Waals surface area contributed by atoms with Gasteiger partial charge in [-0.2, -0.15) is 13.6 Å². The van der Waals surface area contributed by atoms with Gasteiger partial charge in [-0.25, -0.2) is 0 Å². The first kappa shape index (κ1) is 20.4. The van der Waals surface area contributed by atoms with Crippen LogP contribution in [0, 0.1) is 0 Å². The van der Waals surface area contributed by atoms with E-state index in [1.165, 1.54) is 0 Å². The molecular weight excluding hydrogens is 334 g/mol. The van der Waals surface area contributed by atoms with Gasteiger partial charge in [-0.05, 0) is 24.0 Å². The van der Waals surface area contributed by atoms with Crippen LogP contribution in [0.3, 0.4) is 0 Å². The second-order valence-corrected chi connectivity index (χ2v) is 7.30. The van der Waals surface area contributed by atoms with Gasteiger partial charge in [0.15, 0.2) is 5.75 Å². The molecule has 136 valence electrons. The number of hydrogen-bond donors (Lipinski definition) is 4. The van der Waals surface area contributed by atoms with Gasteiger partial charge in [-0.1, -0.05) is 27.7 Å². The number of anilines is 1. The fourth-order valence-corrected chi connectivity index (χ4v) is 2.56. The Morgan fingerprint density at radius 2 is 1.67 bits per heavy atom. The normalized spacial score (nSPS) is 13.2. The second-order valence-electron chi connectivity index (χ2n) is 6.15. The summed E-state index contributed by atoms with van der Waals surface area (Å²) in [5.41, 5.74) is 7.11. The zero-order valence-electron chi connectivity index (χ0n) is 14.2. The van der Waals surface area contributed by atoms with E-state index in [1.54, 1.807) is 12.1 Å². The zero-order chi connectivity index (χ0) is 18.7. The summed E-state index contributed by atoms with van der Waals surface area (Å²) in [4.78, 5) is 11.9. The molecule has 1 aromatic rings. The minimum absolute atomic E-state index is 0.0809. The Morgan fingerprint density at radius 1 is 1.21 bits per heavy atom. The van der Waals surface area contributed by atoms with Gasteiger partial charge in [0.25, 0.3) is 0 Å². The van der Waals surface area contributed by atoms with Crippen molar-refractivity contribution in [1.29, 1.82) is 0 Å². The Bertz CT molecular complexity index is 672. The van der Waals surface area contributed by atoms with Crippen LogP contribution in [0.4, 0.5) is 5.69 Å². The van der Waals surface area contributed by atoms with Gasteiger partial charge in [-0.3, -0.25) is 4.79 Å². The van der Waals surface area contributed by atoms with Crippen molar-refractivity contribution in [3.8, 4) is 5.75 Å². The predicted molar refractivity (Wildman–Crippen MR) is 92.0 cm³/mol. The molecule has 0 spiro atoms. The minimum Gasteiger partial charge on any atom is -0.394 e. The number of benzene rings is 1. The third kappa shape index (κ3) is 5.45. The number of nitrogens with two attached hydrogens (primary N) is 2. The van der Waals surface area contributed by atoms with Crippen molar-refractivity contribution < 1.29 is 22.5 Å². The summed E-state index contributed by atoms with van der Waals surface area (Å²) in [7, 11) is -4.18. The highest BCUT2D eigenvalue weighted by atomic mass is 32.2. The lowest BCUT2D eigenvalue weighted by atomic mass is 9.93. The van der Waals surface area contributed by atoms with Crippen LogP contribution in [-0.2, 0) is 15.1 Å². The lowest BCUT2D eigenvalue weighted by molar-refractivity contribution is -0.118. The molecule has 0 aliphatic heterocycles. The van der Waals surface area contributed by atoms with E-state index < -0.39 is 28.9 Å². The molecule has 6 N–H and O–H groups in total. The number of rotatable bonds is 7. The summed E-state index contributed by atoms with van der Waals surface area (Å²) in [6.45, 7) is 6.97. The van der Waals surface area contributed by atoms with E-state index in [-0.39, 0.29) is 17.6 Å². The van der Waals surface area contributed by atoms with Gasteiger partial charge >= 0.3 is 10.3 Å². The van der Waals surface area contributed by atoms with E-state index in [9.17, 15) is 13.2 Å². The maximum absolute atomic E-state index is 11.9. The van der Waals surface area contributed by atoms with Gasteiger partial charge in [0.2, 0.25) is 5.91 Å². The van der Waals surface area contributed by atoms with Crippen molar-refractivity contribution in [3.05, 3.63) is 23.3 Å². The van der Waals surface area contributed by atoms with Crippen molar-refractivity contribution in [3.63, 3.8) is 0 Å². The molecule has 24 heavy (non-hydrogen) atoms. The first-order valence-electron chi connectivity index (χ1n) is 7.53. The standard InChI is InChI=1S/C15H25N3O5S/c1-8(2)11-5-10(18-15(20)13(16)7-19)6-12(9(3)4)14(11)23-24(17,21)22/h5-6,8-9,13,19H,7,16H2,1-4H3,(H,18,20)(H2,17,21,22)/t13-/m0/s1. The van der Waals surface area contributed by atoms with E-state index in [2.05, 4.69) is 5.32 Å². The SMILES string of the molecule is CC(C)c1cc(NC(=O)[C@@H](N)CO)cc(C(C)C)c1OS(N)(=O)=O. The molecule has 0 aromatic heterocycles. The highest BCUT2D eigenvalue weighted by molar-refractivity contribution is 7.84. The molecule has 0 aliphatic rings. The molecule has 1 aromatic carbocycles. The minimum atomic E-state index is -4.18. The summed E-state index contributed by atoms with van der Waals surface area (Å²) in [6, 6.07) is 2.17. The first-order chi connectivity index (χ1) is 11.0. The Hall–Kier alpha value is -1.68. The highest BCUT2D eigenvalue weighted by Gasteiger charge is 2.22. The summed E-state index contributed by atoms with van der Waals surface area (Å²) in [5.74, 6) is -0.529. The molecule has 8 nitrogen and oxygen atoms in total. The topological polar surface area (TPSA) is 145 Å². The quantitative estimate of drug-likeness (QED) is 0.566. The molecule has 0 saturated carbocycles. The summed E-state index contributed by atoms with van der Waals surface area (Å²) < 4.78 is 27.8. The molecule has 0 fully saturated rings. The molecule has 1 atom stereocenters. The average Bonchev–Trinajstić information content (AvgIpc) is 2.45. The van der Waals surface area contributed by atoms with Gasteiger partial charge < -0.3 is 20.3 Å². The van der Waals surface area contributed by atoms with Crippen LogP contribution in [-0.4, -0.2) is 32.1 Å². The molecule has 1 amide bonds. The van der Waals surface area contributed by atoms with E-state index in [4.69, 9.17) is 20.2 Å². The maximum Gasteiger partial charge on any atom is 0.380 e. The Labute approximate surface area is 142 Å². The first-order valence-corrected chi connectivity index (χ1v) is 9.00.